The number of benzene rings is 2. The number of thiophene rings is 1. The van der Waals surface area contributed by atoms with Gasteiger partial charge in [-0.05, 0) is 42.5 Å². The molecular formula is C23H21N3O2S2. The van der Waals surface area contributed by atoms with Crippen molar-refractivity contribution in [2.24, 2.45) is 0 Å². The van der Waals surface area contributed by atoms with E-state index >= 15 is 0 Å². The molecule has 0 aliphatic rings. The maximum atomic E-state index is 13.0. The van der Waals surface area contributed by atoms with Gasteiger partial charge in [0.25, 0.3) is 5.56 Å². The fourth-order valence-electron chi connectivity index (χ4n) is 3.21. The van der Waals surface area contributed by atoms with Gasteiger partial charge in [-0.25, -0.2) is 4.98 Å². The van der Waals surface area contributed by atoms with E-state index in [1.807, 2.05) is 73.8 Å². The molecule has 0 atom stereocenters. The van der Waals surface area contributed by atoms with Crippen molar-refractivity contribution in [3.63, 3.8) is 0 Å². The maximum absolute atomic E-state index is 13.0. The van der Waals surface area contributed by atoms with Crippen LogP contribution in [0.3, 0.4) is 0 Å². The average Bonchev–Trinajstić information content (AvgIpc) is 3.20. The first-order valence-electron chi connectivity index (χ1n) is 9.53. The van der Waals surface area contributed by atoms with Crippen molar-refractivity contribution in [3.05, 3.63) is 87.0 Å². The predicted octanol–water partition coefficient (Wildman–Crippen LogP) is 4.85. The van der Waals surface area contributed by atoms with E-state index in [9.17, 15) is 9.59 Å². The summed E-state index contributed by atoms with van der Waals surface area (Å²) >= 11 is 2.67. The van der Waals surface area contributed by atoms with E-state index in [0.717, 1.165) is 22.4 Å². The predicted molar refractivity (Wildman–Crippen MR) is 125 cm³/mol. The highest BCUT2D eigenvalue weighted by molar-refractivity contribution is 7.99. The molecule has 152 valence electrons. The lowest BCUT2D eigenvalue weighted by Crippen LogP contribution is -2.24. The number of amides is 1. The number of carbonyl (C=O) groups is 1. The molecule has 0 unspecified atom stereocenters. The first-order chi connectivity index (χ1) is 14.5. The van der Waals surface area contributed by atoms with E-state index < -0.39 is 0 Å². The lowest BCUT2D eigenvalue weighted by atomic mass is 10.1. The Morgan fingerprint density at radius 1 is 1.13 bits per heavy atom. The Morgan fingerprint density at radius 3 is 2.70 bits per heavy atom. The van der Waals surface area contributed by atoms with Gasteiger partial charge in [0.1, 0.15) is 4.70 Å². The third kappa shape index (κ3) is 4.47. The van der Waals surface area contributed by atoms with E-state index in [1.165, 1.54) is 23.1 Å². The summed E-state index contributed by atoms with van der Waals surface area (Å²) in [5.41, 5.74) is 4.58. The largest absolute Gasteiger partial charge is 0.325 e. The number of hydrogen-bond acceptors (Lipinski definition) is 5. The van der Waals surface area contributed by atoms with Crippen LogP contribution in [0.25, 0.3) is 10.2 Å². The molecule has 1 amide bonds. The highest BCUT2D eigenvalue weighted by atomic mass is 32.2. The Morgan fingerprint density at radius 2 is 1.93 bits per heavy atom. The van der Waals surface area contributed by atoms with Gasteiger partial charge < -0.3 is 5.32 Å². The second-order valence-electron chi connectivity index (χ2n) is 7.06. The molecule has 0 aliphatic carbocycles. The quantitative estimate of drug-likeness (QED) is 0.347. The Balaban J connectivity index is 1.57. The van der Waals surface area contributed by atoms with Crippen molar-refractivity contribution in [2.45, 2.75) is 25.5 Å². The zero-order chi connectivity index (χ0) is 21.1. The van der Waals surface area contributed by atoms with Crippen LogP contribution in [0.5, 0.6) is 0 Å². The number of nitrogens with zero attached hydrogens (tertiary/aromatic N) is 2. The molecule has 4 aromatic rings. The van der Waals surface area contributed by atoms with Crippen LogP contribution in [0.15, 0.2) is 69.9 Å². The maximum Gasteiger partial charge on any atom is 0.272 e. The van der Waals surface area contributed by atoms with E-state index in [0.29, 0.717) is 21.9 Å². The monoisotopic (exact) mass is 435 g/mol. The summed E-state index contributed by atoms with van der Waals surface area (Å²) < 4.78 is 2.29. The van der Waals surface area contributed by atoms with Crippen LogP contribution in [-0.4, -0.2) is 21.2 Å². The van der Waals surface area contributed by atoms with Gasteiger partial charge in [-0.3, -0.25) is 14.2 Å². The second-order valence-corrected chi connectivity index (χ2v) is 8.92. The van der Waals surface area contributed by atoms with Crippen molar-refractivity contribution < 1.29 is 4.79 Å². The summed E-state index contributed by atoms with van der Waals surface area (Å²) in [5, 5.41) is 5.37. The number of fused-ring (bicyclic) bond motifs is 1. The molecule has 7 heteroatoms. The van der Waals surface area contributed by atoms with E-state index in [1.54, 1.807) is 4.57 Å². The topological polar surface area (TPSA) is 64.0 Å². The van der Waals surface area contributed by atoms with Crippen LogP contribution in [0.4, 0.5) is 5.69 Å². The van der Waals surface area contributed by atoms with Crippen molar-refractivity contribution in [2.75, 3.05) is 11.1 Å². The molecule has 0 fully saturated rings. The van der Waals surface area contributed by atoms with Gasteiger partial charge in [0, 0.05) is 5.69 Å². The highest BCUT2D eigenvalue weighted by Gasteiger charge is 2.15. The SMILES string of the molecule is Cc1ccc(NC(=O)CSc2nc3ccsc3c(=O)n2Cc2ccccc2)c(C)c1. The Kier molecular flexibility index (Phi) is 6.01. The Bertz CT molecular complexity index is 1260. The summed E-state index contributed by atoms with van der Waals surface area (Å²) in [6.07, 6.45) is 0. The van der Waals surface area contributed by atoms with E-state index in [4.69, 9.17) is 0 Å². The smallest absolute Gasteiger partial charge is 0.272 e. The van der Waals surface area contributed by atoms with Gasteiger partial charge in [-0.2, -0.15) is 0 Å². The summed E-state index contributed by atoms with van der Waals surface area (Å²) in [6, 6.07) is 17.6. The minimum atomic E-state index is -0.127. The number of anilines is 1. The molecule has 4 rings (SSSR count). The van der Waals surface area contributed by atoms with Crippen molar-refractivity contribution in [1.82, 2.24) is 9.55 Å². The second kappa shape index (κ2) is 8.85. The summed E-state index contributed by atoms with van der Waals surface area (Å²) in [4.78, 5) is 30.2. The summed E-state index contributed by atoms with van der Waals surface area (Å²) in [6.45, 7) is 4.41. The highest BCUT2D eigenvalue weighted by Crippen LogP contribution is 2.22. The lowest BCUT2D eigenvalue weighted by Gasteiger charge is -2.13. The number of aryl methyl sites for hydroxylation is 2. The van der Waals surface area contributed by atoms with Gasteiger partial charge in [-0.15, -0.1) is 11.3 Å². The van der Waals surface area contributed by atoms with Crippen LogP contribution >= 0.6 is 23.1 Å². The van der Waals surface area contributed by atoms with Crippen molar-refractivity contribution >= 4 is 44.9 Å². The zero-order valence-corrected chi connectivity index (χ0v) is 18.3. The lowest BCUT2D eigenvalue weighted by molar-refractivity contribution is -0.113. The van der Waals surface area contributed by atoms with Crippen molar-refractivity contribution in [1.29, 1.82) is 0 Å². The first-order valence-corrected chi connectivity index (χ1v) is 11.4. The van der Waals surface area contributed by atoms with Crippen molar-refractivity contribution in [3.8, 4) is 0 Å². The molecule has 1 N–H and O–H groups in total. The molecule has 0 saturated carbocycles. The molecule has 2 heterocycles. The molecular weight excluding hydrogens is 414 g/mol. The number of carbonyl (C=O) groups excluding carboxylic acids is 1. The molecule has 0 radical (unpaired) electrons. The molecule has 2 aromatic carbocycles. The van der Waals surface area contributed by atoms with Gasteiger partial charge in [0.2, 0.25) is 5.91 Å². The zero-order valence-electron chi connectivity index (χ0n) is 16.7. The van der Waals surface area contributed by atoms with Crippen LogP contribution in [0.1, 0.15) is 16.7 Å². The molecule has 30 heavy (non-hydrogen) atoms. The average molecular weight is 436 g/mol. The molecule has 0 spiro atoms. The number of thioether (sulfide) groups is 1. The number of aromatic nitrogens is 2. The minimum absolute atomic E-state index is 0.0730. The first kappa shape index (κ1) is 20.4. The van der Waals surface area contributed by atoms with Crippen LogP contribution < -0.4 is 10.9 Å². The molecule has 5 nitrogen and oxygen atoms in total. The molecule has 0 saturated heterocycles. The number of hydrogen-bond donors (Lipinski definition) is 1. The Labute approximate surface area is 182 Å². The molecule has 0 bridgehead atoms. The summed E-state index contributed by atoms with van der Waals surface area (Å²) in [5.74, 6) is 0.0439. The van der Waals surface area contributed by atoms with Crippen LogP contribution in [0, 0.1) is 13.8 Å². The minimum Gasteiger partial charge on any atom is -0.325 e. The fourth-order valence-corrected chi connectivity index (χ4v) is 4.79. The van der Waals surface area contributed by atoms with E-state index in [2.05, 4.69) is 10.3 Å². The third-order valence-electron chi connectivity index (χ3n) is 4.70. The van der Waals surface area contributed by atoms with Gasteiger partial charge in [-0.1, -0.05) is 59.8 Å². The standard InChI is InChI=1S/C23H21N3O2S2/c1-15-8-9-18(16(2)12-15)24-20(27)14-30-23-25-19-10-11-29-21(19)22(28)26(23)13-17-6-4-3-5-7-17/h3-12H,13-14H2,1-2H3,(H,24,27). The molecule has 2 aromatic heterocycles. The summed E-state index contributed by atoms with van der Waals surface area (Å²) in [7, 11) is 0. The van der Waals surface area contributed by atoms with Gasteiger partial charge in [0.05, 0.1) is 17.8 Å². The molecule has 0 aliphatic heterocycles. The van der Waals surface area contributed by atoms with E-state index in [-0.39, 0.29) is 17.2 Å². The Hall–Kier alpha value is -2.90. The normalized spacial score (nSPS) is 11.0. The van der Waals surface area contributed by atoms with Crippen LogP contribution in [-0.2, 0) is 11.3 Å². The van der Waals surface area contributed by atoms with Crippen LogP contribution in [0.2, 0.25) is 0 Å². The fraction of sp³-hybridized carbons (Fsp3) is 0.174. The number of rotatable bonds is 6. The van der Waals surface area contributed by atoms with Gasteiger partial charge in [0.15, 0.2) is 5.16 Å². The third-order valence-corrected chi connectivity index (χ3v) is 6.57. The number of nitrogens with one attached hydrogen (secondary N) is 1. The van der Waals surface area contributed by atoms with Gasteiger partial charge >= 0.3 is 0 Å².